The van der Waals surface area contributed by atoms with E-state index in [0.29, 0.717) is 17.4 Å². The zero-order valence-electron chi connectivity index (χ0n) is 21.1. The maximum absolute atomic E-state index is 13.7. The number of halogens is 1. The molecule has 0 atom stereocenters. The van der Waals surface area contributed by atoms with Crippen LogP contribution in [-0.4, -0.2) is 29.8 Å². The molecule has 0 unspecified atom stereocenters. The van der Waals surface area contributed by atoms with E-state index in [1.54, 1.807) is 4.57 Å². The lowest BCUT2D eigenvalue weighted by molar-refractivity contribution is 0.690. The fraction of sp³-hybridized carbons (Fsp3) is 0.241. The number of aromatic nitrogens is 6. The van der Waals surface area contributed by atoms with Crippen molar-refractivity contribution >= 4 is 11.6 Å². The van der Waals surface area contributed by atoms with Gasteiger partial charge in [0, 0.05) is 17.5 Å². The molecule has 0 bridgehead atoms. The van der Waals surface area contributed by atoms with Gasteiger partial charge in [0.1, 0.15) is 0 Å². The molecule has 1 N–H and O–H groups in total. The van der Waals surface area contributed by atoms with Crippen molar-refractivity contribution in [3.63, 3.8) is 0 Å². The molecule has 2 heterocycles. The van der Waals surface area contributed by atoms with Crippen molar-refractivity contribution in [1.29, 1.82) is 0 Å². The first kappa shape index (κ1) is 24.7. The van der Waals surface area contributed by atoms with Gasteiger partial charge in [-0.25, -0.2) is 4.79 Å². The third-order valence-electron chi connectivity index (χ3n) is 6.57. The largest absolute Gasteiger partial charge is 0.333 e. The summed E-state index contributed by atoms with van der Waals surface area (Å²) < 4.78 is 3.58. The molecule has 7 nitrogen and oxygen atoms in total. The number of hydrogen-bond donors (Lipinski definition) is 1. The van der Waals surface area contributed by atoms with E-state index >= 15 is 0 Å². The van der Waals surface area contributed by atoms with Gasteiger partial charge in [0.2, 0.25) is 5.82 Å². The quantitative estimate of drug-likeness (QED) is 0.266. The molecule has 0 fully saturated rings. The monoisotopic (exact) mass is 512 g/mol. The first-order chi connectivity index (χ1) is 18.0. The van der Waals surface area contributed by atoms with Crippen LogP contribution >= 0.6 is 11.6 Å². The van der Waals surface area contributed by atoms with E-state index < -0.39 is 0 Å². The molecule has 188 valence electrons. The molecule has 0 spiro atoms. The lowest BCUT2D eigenvalue weighted by atomic mass is 9.98. The molecule has 5 rings (SSSR count). The highest BCUT2D eigenvalue weighted by molar-refractivity contribution is 6.32. The maximum atomic E-state index is 13.7. The Balaban J connectivity index is 1.51. The highest BCUT2D eigenvalue weighted by atomic mass is 35.5. The van der Waals surface area contributed by atoms with Crippen LogP contribution < -0.4 is 5.69 Å². The SMILES string of the molecule is CCCc1cn(-c2c(Cl)cccc2C(C)C)c(=O)n1Cc1ccc(-c2ccccc2-c2nn[nH]n2)cc1. The molecular weight excluding hydrogens is 484 g/mol. The second-order valence-corrected chi connectivity index (χ2v) is 9.83. The summed E-state index contributed by atoms with van der Waals surface area (Å²) in [7, 11) is 0. The molecule has 0 aliphatic carbocycles. The third kappa shape index (κ3) is 4.87. The smallest absolute Gasteiger partial charge is 0.292 e. The summed E-state index contributed by atoms with van der Waals surface area (Å²) in [6.07, 6.45) is 3.70. The van der Waals surface area contributed by atoms with E-state index in [4.69, 9.17) is 11.6 Å². The minimum atomic E-state index is -0.0787. The van der Waals surface area contributed by atoms with Crippen molar-refractivity contribution in [2.45, 2.75) is 46.1 Å². The summed E-state index contributed by atoms with van der Waals surface area (Å²) in [4.78, 5) is 13.7. The topological polar surface area (TPSA) is 81.4 Å². The Kier molecular flexibility index (Phi) is 7.06. The molecule has 8 heteroatoms. The number of nitrogens with zero attached hydrogens (tertiary/aromatic N) is 5. The lowest BCUT2D eigenvalue weighted by Crippen LogP contribution is -2.25. The van der Waals surface area contributed by atoms with E-state index in [0.717, 1.165) is 52.0 Å². The van der Waals surface area contributed by atoms with Gasteiger partial charge < -0.3 is 0 Å². The molecule has 0 saturated heterocycles. The third-order valence-corrected chi connectivity index (χ3v) is 6.87. The summed E-state index contributed by atoms with van der Waals surface area (Å²) in [5.74, 6) is 0.790. The van der Waals surface area contributed by atoms with Crippen molar-refractivity contribution in [2.75, 3.05) is 0 Å². The fourth-order valence-electron chi connectivity index (χ4n) is 4.74. The second kappa shape index (κ2) is 10.6. The molecule has 0 saturated carbocycles. The van der Waals surface area contributed by atoms with Crippen molar-refractivity contribution in [1.82, 2.24) is 29.8 Å². The zero-order valence-corrected chi connectivity index (χ0v) is 21.9. The van der Waals surface area contributed by atoms with Gasteiger partial charge in [-0.2, -0.15) is 5.21 Å². The van der Waals surface area contributed by atoms with Crippen LogP contribution in [0.3, 0.4) is 0 Å². The number of hydrogen-bond acceptors (Lipinski definition) is 4. The Morgan fingerprint density at radius 1 is 0.973 bits per heavy atom. The van der Waals surface area contributed by atoms with Gasteiger partial charge in [-0.3, -0.25) is 9.13 Å². The van der Waals surface area contributed by atoms with Gasteiger partial charge in [-0.05, 0) is 45.9 Å². The highest BCUT2D eigenvalue weighted by Gasteiger charge is 2.19. The van der Waals surface area contributed by atoms with Gasteiger partial charge in [0.05, 0.1) is 17.3 Å². The number of aryl methyl sites for hydroxylation is 1. The average Bonchev–Trinajstić information content (AvgIpc) is 3.54. The van der Waals surface area contributed by atoms with Gasteiger partial charge in [0.25, 0.3) is 0 Å². The molecule has 0 aliphatic heterocycles. The van der Waals surface area contributed by atoms with E-state index in [-0.39, 0.29) is 11.6 Å². The van der Waals surface area contributed by atoms with Crippen LogP contribution in [0.5, 0.6) is 0 Å². The molecule has 5 aromatic rings. The number of nitrogens with one attached hydrogen (secondary N) is 1. The summed E-state index contributed by atoms with van der Waals surface area (Å²) in [6, 6.07) is 22.1. The molecule has 3 aromatic carbocycles. The molecule has 0 amide bonds. The van der Waals surface area contributed by atoms with Crippen LogP contribution in [0.1, 0.15) is 49.9 Å². The minimum absolute atomic E-state index is 0.0787. The normalized spacial score (nSPS) is 11.4. The van der Waals surface area contributed by atoms with Gasteiger partial charge in [-0.15, -0.1) is 10.2 Å². The van der Waals surface area contributed by atoms with Crippen LogP contribution in [0, 0.1) is 0 Å². The molecular formula is C29H29ClN6O. The van der Waals surface area contributed by atoms with E-state index in [9.17, 15) is 4.79 Å². The number of para-hydroxylation sites is 1. The number of imidazole rings is 1. The second-order valence-electron chi connectivity index (χ2n) is 9.42. The molecule has 0 aliphatic rings. The van der Waals surface area contributed by atoms with Crippen molar-refractivity contribution in [3.8, 4) is 28.2 Å². The standard InChI is InChI=1S/C29H29ClN6O/c1-4-8-22-18-36(27-23(19(2)3)11-7-12-26(27)30)29(37)35(22)17-20-13-15-21(16-14-20)24-9-5-6-10-25(24)28-31-33-34-32-28/h5-7,9-16,18-19H,4,8,17H2,1-3H3,(H,31,32,33,34). The maximum Gasteiger partial charge on any atom is 0.333 e. The van der Waals surface area contributed by atoms with Crippen LogP contribution in [0.15, 0.2) is 77.7 Å². The predicted molar refractivity (Wildman–Crippen MR) is 147 cm³/mol. The van der Waals surface area contributed by atoms with Crippen molar-refractivity contribution < 1.29 is 0 Å². The number of rotatable bonds is 8. The molecule has 37 heavy (non-hydrogen) atoms. The number of H-pyrrole nitrogens is 1. The van der Waals surface area contributed by atoms with Crippen molar-refractivity contribution in [3.05, 3.63) is 105 Å². The first-order valence-corrected chi connectivity index (χ1v) is 12.9. The van der Waals surface area contributed by atoms with E-state index in [2.05, 4.69) is 65.7 Å². The van der Waals surface area contributed by atoms with Crippen LogP contribution in [0.25, 0.3) is 28.2 Å². The van der Waals surface area contributed by atoms with E-state index in [1.165, 1.54) is 0 Å². The Morgan fingerprint density at radius 3 is 2.41 bits per heavy atom. The molecule has 0 radical (unpaired) electrons. The number of aromatic amines is 1. The first-order valence-electron chi connectivity index (χ1n) is 12.5. The Bertz CT molecular complexity index is 1570. The Morgan fingerprint density at radius 2 is 1.73 bits per heavy atom. The Labute approximate surface area is 220 Å². The number of tetrazole rings is 1. The summed E-state index contributed by atoms with van der Waals surface area (Å²) in [5, 5.41) is 15.1. The summed E-state index contributed by atoms with van der Waals surface area (Å²) in [5.41, 5.74) is 6.75. The van der Waals surface area contributed by atoms with E-state index in [1.807, 2.05) is 53.2 Å². The Hall–Kier alpha value is -3.97. The fourth-order valence-corrected chi connectivity index (χ4v) is 5.01. The summed E-state index contributed by atoms with van der Waals surface area (Å²) >= 11 is 6.62. The average molecular weight is 513 g/mol. The zero-order chi connectivity index (χ0) is 25.9. The van der Waals surface area contributed by atoms with Gasteiger partial charge in [0.15, 0.2) is 0 Å². The summed E-state index contributed by atoms with van der Waals surface area (Å²) in [6.45, 7) is 6.83. The van der Waals surface area contributed by atoms with Crippen molar-refractivity contribution in [2.24, 2.45) is 0 Å². The van der Waals surface area contributed by atoms with Crippen LogP contribution in [0.4, 0.5) is 0 Å². The minimum Gasteiger partial charge on any atom is -0.292 e. The predicted octanol–water partition coefficient (Wildman–Crippen LogP) is 6.26. The lowest BCUT2D eigenvalue weighted by Gasteiger charge is -2.14. The highest BCUT2D eigenvalue weighted by Crippen LogP contribution is 2.31. The van der Waals surface area contributed by atoms with Gasteiger partial charge >= 0.3 is 5.69 Å². The van der Waals surface area contributed by atoms with Crippen LogP contribution in [-0.2, 0) is 13.0 Å². The van der Waals surface area contributed by atoms with Crippen LogP contribution in [0.2, 0.25) is 5.02 Å². The number of benzene rings is 3. The molecule has 2 aromatic heterocycles. The van der Waals surface area contributed by atoms with Gasteiger partial charge in [-0.1, -0.05) is 99.5 Å².